The van der Waals surface area contributed by atoms with E-state index in [2.05, 4.69) is 5.16 Å². The molecular formula is C5H6N2OS. The van der Waals surface area contributed by atoms with Crippen LogP contribution in [0.2, 0.25) is 0 Å². The second kappa shape index (κ2) is 2.50. The first-order chi connectivity index (χ1) is 4.34. The van der Waals surface area contributed by atoms with Gasteiger partial charge >= 0.3 is 0 Å². The Bertz CT molecular complexity index is 218. The first kappa shape index (κ1) is 6.10. The monoisotopic (exact) mass is 142 g/mol. The molecule has 0 fully saturated rings. The van der Waals surface area contributed by atoms with Crippen LogP contribution in [-0.2, 0) is 0 Å². The second-order valence-corrected chi connectivity index (χ2v) is 2.43. The van der Waals surface area contributed by atoms with Crippen LogP contribution in [0.4, 0.5) is 5.00 Å². The van der Waals surface area contributed by atoms with Crippen molar-refractivity contribution in [2.24, 2.45) is 5.16 Å². The van der Waals surface area contributed by atoms with E-state index in [0.717, 1.165) is 5.56 Å². The molecule has 0 aromatic carbocycles. The fraction of sp³-hybridized carbons (Fsp3) is 0. The Morgan fingerprint density at radius 2 is 2.56 bits per heavy atom. The van der Waals surface area contributed by atoms with Gasteiger partial charge in [0.2, 0.25) is 0 Å². The number of oxime groups is 1. The van der Waals surface area contributed by atoms with Crippen LogP contribution in [0.25, 0.3) is 0 Å². The molecule has 1 aromatic heterocycles. The van der Waals surface area contributed by atoms with E-state index < -0.39 is 0 Å². The molecule has 0 unspecified atom stereocenters. The van der Waals surface area contributed by atoms with E-state index in [9.17, 15) is 0 Å². The number of thiophene rings is 1. The van der Waals surface area contributed by atoms with Gasteiger partial charge in [0.15, 0.2) is 0 Å². The first-order valence-corrected chi connectivity index (χ1v) is 3.23. The van der Waals surface area contributed by atoms with Crippen molar-refractivity contribution in [3.05, 3.63) is 17.0 Å². The molecule has 0 aliphatic heterocycles. The molecule has 9 heavy (non-hydrogen) atoms. The van der Waals surface area contributed by atoms with Gasteiger partial charge in [0.25, 0.3) is 0 Å². The maximum atomic E-state index is 8.08. The largest absolute Gasteiger partial charge is 0.411 e. The summed E-state index contributed by atoms with van der Waals surface area (Å²) in [6.45, 7) is 0. The van der Waals surface area contributed by atoms with Gasteiger partial charge in [0.05, 0.1) is 11.2 Å². The van der Waals surface area contributed by atoms with E-state index in [0.29, 0.717) is 5.00 Å². The number of nitrogens with two attached hydrogens (primary N) is 1. The van der Waals surface area contributed by atoms with Crippen molar-refractivity contribution >= 4 is 22.6 Å². The molecule has 0 bridgehead atoms. The average Bonchev–Trinajstić information content (AvgIpc) is 2.18. The third-order valence-electron chi connectivity index (χ3n) is 0.924. The van der Waals surface area contributed by atoms with E-state index >= 15 is 0 Å². The van der Waals surface area contributed by atoms with Crippen LogP contribution in [0.3, 0.4) is 0 Å². The fourth-order valence-electron chi connectivity index (χ4n) is 0.500. The molecule has 4 heteroatoms. The molecule has 0 amide bonds. The third-order valence-corrected chi connectivity index (χ3v) is 1.69. The maximum Gasteiger partial charge on any atom is 0.0946 e. The van der Waals surface area contributed by atoms with Gasteiger partial charge in [-0.1, -0.05) is 5.16 Å². The van der Waals surface area contributed by atoms with Gasteiger partial charge in [0.1, 0.15) is 0 Å². The minimum atomic E-state index is 0.674. The van der Waals surface area contributed by atoms with Crippen molar-refractivity contribution in [1.29, 1.82) is 0 Å². The summed E-state index contributed by atoms with van der Waals surface area (Å²) < 4.78 is 0. The average molecular weight is 142 g/mol. The fourth-order valence-corrected chi connectivity index (χ4v) is 1.12. The molecule has 0 saturated heterocycles. The zero-order valence-corrected chi connectivity index (χ0v) is 5.43. The predicted octanol–water partition coefficient (Wildman–Crippen LogP) is 1.14. The lowest BCUT2D eigenvalue weighted by Crippen LogP contribution is -1.84. The highest BCUT2D eigenvalue weighted by Crippen LogP contribution is 2.16. The van der Waals surface area contributed by atoms with E-state index in [1.54, 1.807) is 6.07 Å². The lowest BCUT2D eigenvalue weighted by Gasteiger charge is -1.83. The second-order valence-electron chi connectivity index (χ2n) is 1.48. The highest BCUT2D eigenvalue weighted by atomic mass is 32.1. The lowest BCUT2D eigenvalue weighted by atomic mass is 10.3. The number of anilines is 1. The summed E-state index contributed by atoms with van der Waals surface area (Å²) in [5.74, 6) is 0. The Morgan fingerprint density at radius 1 is 1.78 bits per heavy atom. The molecule has 48 valence electrons. The molecule has 1 heterocycles. The minimum Gasteiger partial charge on any atom is -0.411 e. The van der Waals surface area contributed by atoms with Gasteiger partial charge in [-0.15, -0.1) is 11.3 Å². The van der Waals surface area contributed by atoms with Gasteiger partial charge in [-0.05, 0) is 11.4 Å². The zero-order chi connectivity index (χ0) is 6.69. The summed E-state index contributed by atoms with van der Waals surface area (Å²) in [5, 5.41) is 13.4. The van der Waals surface area contributed by atoms with Gasteiger partial charge in [0, 0.05) is 5.56 Å². The number of hydrogen-bond acceptors (Lipinski definition) is 4. The van der Waals surface area contributed by atoms with Crippen molar-refractivity contribution in [3.8, 4) is 0 Å². The number of hydrogen-bond donors (Lipinski definition) is 2. The first-order valence-electron chi connectivity index (χ1n) is 2.35. The van der Waals surface area contributed by atoms with E-state index in [1.165, 1.54) is 17.6 Å². The van der Waals surface area contributed by atoms with Gasteiger partial charge in [-0.25, -0.2) is 0 Å². The van der Waals surface area contributed by atoms with Crippen molar-refractivity contribution in [2.75, 3.05) is 5.73 Å². The Kier molecular flexibility index (Phi) is 1.69. The molecule has 0 radical (unpaired) electrons. The molecule has 3 nitrogen and oxygen atoms in total. The SMILES string of the molecule is Nc1sccc1/C=N/O. The Balaban J connectivity index is 2.94. The Labute approximate surface area is 56.4 Å². The summed E-state index contributed by atoms with van der Waals surface area (Å²) in [6, 6.07) is 1.79. The zero-order valence-electron chi connectivity index (χ0n) is 4.61. The van der Waals surface area contributed by atoms with E-state index in [4.69, 9.17) is 10.9 Å². The van der Waals surface area contributed by atoms with Crippen LogP contribution in [0, 0.1) is 0 Å². The molecule has 0 spiro atoms. The smallest absolute Gasteiger partial charge is 0.0946 e. The van der Waals surface area contributed by atoms with E-state index in [-0.39, 0.29) is 0 Å². The summed E-state index contributed by atoms with van der Waals surface area (Å²) in [7, 11) is 0. The lowest BCUT2D eigenvalue weighted by molar-refractivity contribution is 0.322. The normalized spacial score (nSPS) is 10.7. The molecule has 1 aromatic rings. The van der Waals surface area contributed by atoms with Gasteiger partial charge < -0.3 is 10.9 Å². The Hall–Kier alpha value is -1.03. The highest BCUT2D eigenvalue weighted by molar-refractivity contribution is 7.14. The highest BCUT2D eigenvalue weighted by Gasteiger charge is 1.93. The summed E-state index contributed by atoms with van der Waals surface area (Å²) in [6.07, 6.45) is 1.31. The maximum absolute atomic E-state index is 8.08. The van der Waals surface area contributed by atoms with Crippen LogP contribution >= 0.6 is 11.3 Å². The molecule has 0 atom stereocenters. The van der Waals surface area contributed by atoms with Gasteiger partial charge in [-0.2, -0.15) is 0 Å². The quantitative estimate of drug-likeness (QED) is 0.351. The van der Waals surface area contributed by atoms with Crippen LogP contribution in [0.1, 0.15) is 5.56 Å². The van der Waals surface area contributed by atoms with Crippen LogP contribution in [-0.4, -0.2) is 11.4 Å². The van der Waals surface area contributed by atoms with Crippen molar-refractivity contribution in [3.63, 3.8) is 0 Å². The number of rotatable bonds is 1. The molecular weight excluding hydrogens is 136 g/mol. The molecule has 1 rings (SSSR count). The minimum absolute atomic E-state index is 0.674. The summed E-state index contributed by atoms with van der Waals surface area (Å²) >= 11 is 1.42. The molecule has 0 aliphatic rings. The molecule has 0 saturated carbocycles. The van der Waals surface area contributed by atoms with Crippen LogP contribution in [0.5, 0.6) is 0 Å². The number of nitrogens with zero attached hydrogens (tertiary/aromatic N) is 1. The summed E-state index contributed by atoms with van der Waals surface area (Å²) in [5.41, 5.74) is 6.21. The van der Waals surface area contributed by atoms with Gasteiger partial charge in [-0.3, -0.25) is 0 Å². The third kappa shape index (κ3) is 1.20. The number of nitrogen functional groups attached to an aromatic ring is 1. The molecule has 3 N–H and O–H groups in total. The molecule has 0 aliphatic carbocycles. The van der Waals surface area contributed by atoms with E-state index in [1.807, 2.05) is 5.38 Å². The van der Waals surface area contributed by atoms with Crippen molar-refractivity contribution in [1.82, 2.24) is 0 Å². The van der Waals surface area contributed by atoms with Crippen molar-refractivity contribution in [2.45, 2.75) is 0 Å². The predicted molar refractivity (Wildman–Crippen MR) is 38.1 cm³/mol. The summed E-state index contributed by atoms with van der Waals surface area (Å²) in [4.78, 5) is 0. The van der Waals surface area contributed by atoms with Crippen LogP contribution < -0.4 is 5.73 Å². The Morgan fingerprint density at radius 3 is 3.00 bits per heavy atom. The standard InChI is InChI=1S/C5H6N2OS/c6-5-4(3-7-8)1-2-9-5/h1-3,8H,6H2/b7-3+. The topological polar surface area (TPSA) is 58.6 Å². The van der Waals surface area contributed by atoms with Crippen LogP contribution in [0.15, 0.2) is 16.6 Å². The van der Waals surface area contributed by atoms with Crippen molar-refractivity contribution < 1.29 is 5.21 Å².